The molecule has 1 aromatic heterocycles. The second-order valence-corrected chi connectivity index (χ2v) is 7.32. The van der Waals surface area contributed by atoms with Crippen LogP contribution in [0.2, 0.25) is 0 Å². The van der Waals surface area contributed by atoms with Crippen LogP contribution in [-0.2, 0) is 17.9 Å². The number of rotatable bonds is 5. The number of likely N-dealkylation sites (N-methyl/N-ethyl adjacent to an activating group) is 1. The highest BCUT2D eigenvalue weighted by atomic mass is 32.2. The summed E-state index contributed by atoms with van der Waals surface area (Å²) in [4.78, 5) is 19.2. The third kappa shape index (κ3) is 3.19. The first-order valence-corrected chi connectivity index (χ1v) is 9.13. The Hall–Kier alpha value is -2.19. The molecule has 0 saturated carbocycles. The summed E-state index contributed by atoms with van der Waals surface area (Å²) in [7, 11) is 3.77. The number of carbonyl (C=O) groups is 1. The lowest BCUT2D eigenvalue weighted by Gasteiger charge is -2.24. The molecular formula is C17H20N4O3S. The van der Waals surface area contributed by atoms with Crippen LogP contribution in [0.3, 0.4) is 0 Å². The van der Waals surface area contributed by atoms with Gasteiger partial charge in [0.25, 0.3) is 0 Å². The van der Waals surface area contributed by atoms with E-state index in [4.69, 9.17) is 9.47 Å². The first-order chi connectivity index (χ1) is 12.1. The van der Waals surface area contributed by atoms with Crippen molar-refractivity contribution < 1.29 is 14.3 Å². The molecule has 132 valence electrons. The van der Waals surface area contributed by atoms with Crippen molar-refractivity contribution in [3.05, 3.63) is 35.7 Å². The van der Waals surface area contributed by atoms with E-state index in [0.29, 0.717) is 18.0 Å². The Morgan fingerprint density at radius 2 is 2.24 bits per heavy atom. The monoisotopic (exact) mass is 360 g/mol. The number of imidazole rings is 1. The normalized spacial score (nSPS) is 16.1. The third-order valence-electron chi connectivity index (χ3n) is 4.27. The first-order valence-electron chi connectivity index (χ1n) is 8.14. The van der Waals surface area contributed by atoms with Crippen molar-refractivity contribution in [2.75, 3.05) is 26.6 Å². The average Bonchev–Trinajstić information content (AvgIpc) is 3.27. The zero-order valence-corrected chi connectivity index (χ0v) is 15.0. The fraction of sp³-hybridized carbons (Fsp3) is 0.412. The van der Waals surface area contributed by atoms with E-state index in [2.05, 4.69) is 14.9 Å². The molecule has 0 fully saturated rings. The lowest BCUT2D eigenvalue weighted by atomic mass is 10.0. The molecule has 2 aliphatic rings. The summed E-state index contributed by atoms with van der Waals surface area (Å²) in [5, 5.41) is 4.03. The van der Waals surface area contributed by atoms with Crippen molar-refractivity contribution in [3.8, 4) is 11.5 Å². The number of nitrogens with one attached hydrogen (secondary N) is 1. The quantitative estimate of drug-likeness (QED) is 0.874. The summed E-state index contributed by atoms with van der Waals surface area (Å²) in [5.41, 5.74) is 1.76. The summed E-state index contributed by atoms with van der Waals surface area (Å²) >= 11 is 1.75. The van der Waals surface area contributed by atoms with Gasteiger partial charge in [-0.25, -0.2) is 4.98 Å². The van der Waals surface area contributed by atoms with E-state index in [1.807, 2.05) is 43.4 Å². The zero-order chi connectivity index (χ0) is 17.4. The Kier molecular flexibility index (Phi) is 4.30. The fourth-order valence-corrected chi connectivity index (χ4v) is 4.05. The molecule has 0 radical (unpaired) electrons. The number of hydrogen-bond donors (Lipinski definition) is 1. The molecule has 1 amide bonds. The number of thioether (sulfide) groups is 1. The summed E-state index contributed by atoms with van der Waals surface area (Å²) in [6.45, 7) is 1.63. The lowest BCUT2D eigenvalue weighted by molar-refractivity contribution is -0.126. The number of aromatic nitrogens is 2. The first kappa shape index (κ1) is 16.3. The van der Waals surface area contributed by atoms with Gasteiger partial charge < -0.3 is 19.4 Å². The minimum Gasteiger partial charge on any atom is -0.454 e. The van der Waals surface area contributed by atoms with Gasteiger partial charge in [-0.1, -0.05) is 17.8 Å². The van der Waals surface area contributed by atoms with Gasteiger partial charge in [0.05, 0.1) is 12.2 Å². The number of nitrogens with zero attached hydrogens (tertiary/aromatic N) is 3. The van der Waals surface area contributed by atoms with Gasteiger partial charge in [0.1, 0.15) is 6.04 Å². The van der Waals surface area contributed by atoms with Gasteiger partial charge in [-0.3, -0.25) is 9.69 Å². The van der Waals surface area contributed by atoms with Crippen LogP contribution < -0.4 is 14.8 Å². The highest BCUT2D eigenvalue weighted by Crippen LogP contribution is 2.35. The molecule has 1 aromatic carbocycles. The molecular weight excluding hydrogens is 340 g/mol. The molecule has 1 N–H and O–H groups in total. The second-order valence-electron chi connectivity index (χ2n) is 6.25. The molecule has 0 spiro atoms. The highest BCUT2D eigenvalue weighted by molar-refractivity contribution is 7.99. The largest absolute Gasteiger partial charge is 0.454 e. The number of carbonyl (C=O) groups excluding carboxylic acids is 1. The van der Waals surface area contributed by atoms with Gasteiger partial charge in [0.15, 0.2) is 16.7 Å². The Balaban J connectivity index is 1.47. The standard InChI is InChI=1S/C17H20N4O3S/c1-20(2)15(11-3-4-13-14(7-11)24-10-23-13)16(22)18-8-12-9-21-5-6-25-17(21)19-12/h3-4,7,9,15H,5-6,8,10H2,1-2H3,(H,18,22)/t15-/m1/s1. The van der Waals surface area contributed by atoms with E-state index in [-0.39, 0.29) is 12.7 Å². The fourth-order valence-electron chi connectivity index (χ4n) is 3.09. The Morgan fingerprint density at radius 1 is 1.40 bits per heavy atom. The van der Waals surface area contributed by atoms with E-state index in [1.165, 1.54) is 0 Å². The van der Waals surface area contributed by atoms with Crippen LogP contribution in [0.5, 0.6) is 11.5 Å². The summed E-state index contributed by atoms with van der Waals surface area (Å²) < 4.78 is 12.9. The third-order valence-corrected chi connectivity index (χ3v) is 5.24. The van der Waals surface area contributed by atoms with Crippen molar-refractivity contribution >= 4 is 17.7 Å². The van der Waals surface area contributed by atoms with Gasteiger partial charge >= 0.3 is 0 Å². The van der Waals surface area contributed by atoms with Crippen LogP contribution in [-0.4, -0.2) is 47.0 Å². The van der Waals surface area contributed by atoms with E-state index in [1.54, 1.807) is 11.8 Å². The van der Waals surface area contributed by atoms with Gasteiger partial charge in [-0.15, -0.1) is 0 Å². The van der Waals surface area contributed by atoms with Gasteiger partial charge in [0.2, 0.25) is 12.7 Å². The van der Waals surface area contributed by atoms with Crippen LogP contribution in [0.1, 0.15) is 17.3 Å². The number of benzene rings is 1. The molecule has 3 heterocycles. The van der Waals surface area contributed by atoms with Crippen LogP contribution >= 0.6 is 11.8 Å². The van der Waals surface area contributed by atoms with Crippen molar-refractivity contribution in [2.45, 2.75) is 24.3 Å². The Morgan fingerprint density at radius 3 is 3.04 bits per heavy atom. The molecule has 0 saturated heterocycles. The SMILES string of the molecule is CN(C)[C@@H](C(=O)NCc1cn2c(n1)SCC2)c1ccc2c(c1)OCO2. The molecule has 0 bridgehead atoms. The van der Waals surface area contributed by atoms with Crippen LogP contribution in [0.15, 0.2) is 29.6 Å². The number of aryl methyl sites for hydroxylation is 1. The Labute approximate surface area is 150 Å². The molecule has 4 rings (SSSR count). The maximum atomic E-state index is 12.8. The topological polar surface area (TPSA) is 68.6 Å². The van der Waals surface area contributed by atoms with Gasteiger partial charge in [-0.05, 0) is 31.8 Å². The predicted octanol–water partition coefficient (Wildman–Crippen LogP) is 1.64. The Bertz CT molecular complexity index is 784. The maximum Gasteiger partial charge on any atom is 0.242 e. The number of ether oxygens (including phenoxy) is 2. The van der Waals surface area contributed by atoms with Gasteiger partial charge in [-0.2, -0.15) is 0 Å². The van der Waals surface area contributed by atoms with E-state index >= 15 is 0 Å². The molecule has 25 heavy (non-hydrogen) atoms. The van der Waals surface area contributed by atoms with Crippen molar-refractivity contribution in [2.24, 2.45) is 0 Å². The van der Waals surface area contributed by atoms with Gasteiger partial charge in [0, 0.05) is 18.5 Å². The number of amides is 1. The summed E-state index contributed by atoms with van der Waals surface area (Å²) in [6.07, 6.45) is 2.01. The van der Waals surface area contributed by atoms with Crippen molar-refractivity contribution in [1.82, 2.24) is 19.8 Å². The predicted molar refractivity (Wildman–Crippen MR) is 93.8 cm³/mol. The van der Waals surface area contributed by atoms with E-state index in [0.717, 1.165) is 28.7 Å². The highest BCUT2D eigenvalue weighted by Gasteiger charge is 2.25. The molecule has 2 aromatic rings. The minimum absolute atomic E-state index is 0.0651. The molecule has 7 nitrogen and oxygen atoms in total. The van der Waals surface area contributed by atoms with E-state index < -0.39 is 6.04 Å². The minimum atomic E-state index is -0.404. The van der Waals surface area contributed by atoms with Crippen LogP contribution in [0.25, 0.3) is 0 Å². The molecule has 8 heteroatoms. The summed E-state index contributed by atoms with van der Waals surface area (Å²) in [5.74, 6) is 2.40. The van der Waals surface area contributed by atoms with Crippen LogP contribution in [0.4, 0.5) is 0 Å². The molecule has 1 atom stereocenters. The number of hydrogen-bond acceptors (Lipinski definition) is 6. The van der Waals surface area contributed by atoms with Crippen LogP contribution in [0, 0.1) is 0 Å². The second kappa shape index (κ2) is 6.61. The summed E-state index contributed by atoms with van der Waals surface area (Å²) in [6, 6.07) is 5.21. The lowest BCUT2D eigenvalue weighted by Crippen LogP contribution is -2.36. The molecule has 0 unspecified atom stereocenters. The van der Waals surface area contributed by atoms with Crippen molar-refractivity contribution in [3.63, 3.8) is 0 Å². The average molecular weight is 360 g/mol. The smallest absolute Gasteiger partial charge is 0.242 e. The zero-order valence-electron chi connectivity index (χ0n) is 14.2. The maximum absolute atomic E-state index is 12.8. The molecule has 2 aliphatic heterocycles. The number of fused-ring (bicyclic) bond motifs is 2. The van der Waals surface area contributed by atoms with Crippen molar-refractivity contribution in [1.29, 1.82) is 0 Å². The molecule has 0 aliphatic carbocycles. The van der Waals surface area contributed by atoms with E-state index in [9.17, 15) is 4.79 Å².